The van der Waals surface area contributed by atoms with Crippen molar-refractivity contribution in [3.05, 3.63) is 59.7 Å². The molecule has 23 heavy (non-hydrogen) atoms. The largest absolute Gasteiger partial charge is 0.483 e. The van der Waals surface area contributed by atoms with Gasteiger partial charge in [-0.05, 0) is 36.1 Å². The molecule has 0 fully saturated rings. The summed E-state index contributed by atoms with van der Waals surface area (Å²) in [7, 11) is 0. The van der Waals surface area contributed by atoms with E-state index in [4.69, 9.17) is 4.74 Å². The molecule has 4 nitrogen and oxygen atoms in total. The molecule has 2 aromatic carbocycles. The maximum Gasteiger partial charge on any atom is 0.262 e. The van der Waals surface area contributed by atoms with Gasteiger partial charge in [0.05, 0.1) is 5.56 Å². The van der Waals surface area contributed by atoms with Crippen LogP contribution in [0.1, 0.15) is 42.1 Å². The Morgan fingerprint density at radius 1 is 1.17 bits per heavy atom. The van der Waals surface area contributed by atoms with Crippen molar-refractivity contribution < 1.29 is 14.3 Å². The van der Waals surface area contributed by atoms with E-state index in [9.17, 15) is 9.59 Å². The zero-order chi connectivity index (χ0) is 16.7. The van der Waals surface area contributed by atoms with Crippen LogP contribution in [0.4, 0.5) is 5.69 Å². The van der Waals surface area contributed by atoms with Gasteiger partial charge in [0.2, 0.25) is 0 Å². The Morgan fingerprint density at radius 2 is 1.87 bits per heavy atom. The lowest BCUT2D eigenvalue weighted by Crippen LogP contribution is -2.21. The number of nitrogens with one attached hydrogen (secondary N) is 1. The quantitative estimate of drug-likeness (QED) is 0.785. The number of hydrogen-bond donors (Lipinski definition) is 1. The van der Waals surface area contributed by atoms with Gasteiger partial charge in [0.1, 0.15) is 5.75 Å². The molecule has 0 saturated heterocycles. The van der Waals surface area contributed by atoms with Crippen LogP contribution in [0, 0.1) is 0 Å². The average molecular weight is 311 g/mol. The highest BCUT2D eigenvalue weighted by Gasteiger charge is 2.12. The molecule has 0 heterocycles. The summed E-state index contributed by atoms with van der Waals surface area (Å²) in [4.78, 5) is 23.1. The summed E-state index contributed by atoms with van der Waals surface area (Å²) in [5.41, 5.74) is 2.34. The third-order valence-corrected chi connectivity index (χ3v) is 3.78. The molecular weight excluding hydrogens is 290 g/mol. The fourth-order valence-corrected chi connectivity index (χ4v) is 2.30. The maximum atomic E-state index is 12.1. The van der Waals surface area contributed by atoms with E-state index in [1.165, 1.54) is 0 Å². The lowest BCUT2D eigenvalue weighted by molar-refractivity contribution is -0.118. The predicted octanol–water partition coefficient (Wildman–Crippen LogP) is 4.03. The molecule has 0 aliphatic rings. The Kier molecular flexibility index (Phi) is 5.92. The minimum atomic E-state index is -0.249. The molecule has 2 aromatic rings. The van der Waals surface area contributed by atoms with Gasteiger partial charge in [0, 0.05) is 5.69 Å². The first-order chi connectivity index (χ1) is 11.2. The van der Waals surface area contributed by atoms with E-state index in [0.717, 1.165) is 17.7 Å². The van der Waals surface area contributed by atoms with Crippen molar-refractivity contribution in [3.8, 4) is 5.75 Å². The topological polar surface area (TPSA) is 55.4 Å². The standard InChI is InChI=1S/C19H21NO3/c1-3-14(2)16-9-5-6-10-17(16)20-19(22)13-23-18-11-7-4-8-15(18)12-21/h4-12,14H,3,13H2,1-2H3,(H,20,22)/t14-/m0/s1. The fourth-order valence-electron chi connectivity index (χ4n) is 2.30. The number of rotatable bonds is 7. The Hall–Kier alpha value is -2.62. The van der Waals surface area contributed by atoms with Gasteiger partial charge in [0.25, 0.3) is 5.91 Å². The molecule has 0 aromatic heterocycles. The molecule has 0 bridgehead atoms. The van der Waals surface area contributed by atoms with Crippen LogP contribution in [0.2, 0.25) is 0 Å². The third-order valence-electron chi connectivity index (χ3n) is 3.78. The molecule has 0 saturated carbocycles. The average Bonchev–Trinajstić information content (AvgIpc) is 2.60. The normalized spacial score (nSPS) is 11.6. The molecule has 0 aliphatic heterocycles. The van der Waals surface area contributed by atoms with Crippen LogP contribution in [0.25, 0.3) is 0 Å². The van der Waals surface area contributed by atoms with Crippen molar-refractivity contribution in [1.29, 1.82) is 0 Å². The number of aldehydes is 1. The number of benzene rings is 2. The first-order valence-corrected chi connectivity index (χ1v) is 7.71. The van der Waals surface area contributed by atoms with E-state index in [-0.39, 0.29) is 12.5 Å². The van der Waals surface area contributed by atoms with Gasteiger partial charge >= 0.3 is 0 Å². The highest BCUT2D eigenvalue weighted by atomic mass is 16.5. The number of para-hydroxylation sites is 2. The Balaban J connectivity index is 2.02. The Morgan fingerprint density at radius 3 is 2.61 bits per heavy atom. The highest BCUT2D eigenvalue weighted by Crippen LogP contribution is 2.26. The second-order valence-electron chi connectivity index (χ2n) is 5.39. The minimum absolute atomic E-state index is 0.139. The molecule has 120 valence electrons. The number of amides is 1. The predicted molar refractivity (Wildman–Crippen MR) is 91.1 cm³/mol. The van der Waals surface area contributed by atoms with E-state index in [1.54, 1.807) is 24.3 Å². The van der Waals surface area contributed by atoms with E-state index in [2.05, 4.69) is 19.2 Å². The van der Waals surface area contributed by atoms with E-state index < -0.39 is 0 Å². The monoisotopic (exact) mass is 311 g/mol. The summed E-state index contributed by atoms with van der Waals surface area (Å²) in [5.74, 6) is 0.525. The molecule has 4 heteroatoms. The number of carbonyl (C=O) groups excluding carboxylic acids is 2. The van der Waals surface area contributed by atoms with Crippen LogP contribution in [-0.2, 0) is 4.79 Å². The molecule has 2 rings (SSSR count). The molecule has 0 unspecified atom stereocenters. The van der Waals surface area contributed by atoms with Gasteiger partial charge in [-0.3, -0.25) is 9.59 Å². The lowest BCUT2D eigenvalue weighted by Gasteiger charge is -2.16. The van der Waals surface area contributed by atoms with Crippen LogP contribution in [-0.4, -0.2) is 18.8 Å². The zero-order valence-electron chi connectivity index (χ0n) is 13.4. The van der Waals surface area contributed by atoms with Crippen LogP contribution in [0.15, 0.2) is 48.5 Å². The van der Waals surface area contributed by atoms with Crippen LogP contribution in [0.3, 0.4) is 0 Å². The fraction of sp³-hybridized carbons (Fsp3) is 0.263. The number of hydrogen-bond acceptors (Lipinski definition) is 3. The van der Waals surface area contributed by atoms with Gasteiger partial charge in [-0.25, -0.2) is 0 Å². The maximum absolute atomic E-state index is 12.1. The molecule has 0 aliphatic carbocycles. The summed E-state index contributed by atoms with van der Waals surface area (Å²) in [6, 6.07) is 14.6. The second kappa shape index (κ2) is 8.13. The van der Waals surface area contributed by atoms with Crippen LogP contribution >= 0.6 is 0 Å². The molecular formula is C19H21NO3. The van der Waals surface area contributed by atoms with Gasteiger partial charge in [-0.15, -0.1) is 0 Å². The van der Waals surface area contributed by atoms with Crippen molar-refractivity contribution in [2.75, 3.05) is 11.9 Å². The zero-order valence-corrected chi connectivity index (χ0v) is 13.4. The van der Waals surface area contributed by atoms with Gasteiger partial charge in [0.15, 0.2) is 12.9 Å². The van der Waals surface area contributed by atoms with Crippen molar-refractivity contribution in [2.45, 2.75) is 26.2 Å². The third kappa shape index (κ3) is 4.42. The van der Waals surface area contributed by atoms with E-state index >= 15 is 0 Å². The first kappa shape index (κ1) is 16.7. The lowest BCUT2D eigenvalue weighted by atomic mass is 9.97. The Bertz CT molecular complexity index is 682. The van der Waals surface area contributed by atoms with E-state index in [0.29, 0.717) is 23.5 Å². The van der Waals surface area contributed by atoms with Crippen molar-refractivity contribution in [1.82, 2.24) is 0 Å². The number of carbonyl (C=O) groups is 2. The molecule has 0 spiro atoms. The molecule has 1 amide bonds. The van der Waals surface area contributed by atoms with Gasteiger partial charge in [-0.1, -0.05) is 44.2 Å². The van der Waals surface area contributed by atoms with Crippen molar-refractivity contribution >= 4 is 17.9 Å². The summed E-state index contributed by atoms with van der Waals surface area (Å²) >= 11 is 0. The first-order valence-electron chi connectivity index (χ1n) is 7.71. The summed E-state index contributed by atoms with van der Waals surface area (Å²) < 4.78 is 5.45. The van der Waals surface area contributed by atoms with Crippen LogP contribution in [0.5, 0.6) is 5.75 Å². The second-order valence-corrected chi connectivity index (χ2v) is 5.39. The summed E-state index contributed by atoms with van der Waals surface area (Å²) in [6.07, 6.45) is 1.71. The number of ether oxygens (including phenoxy) is 1. The van der Waals surface area contributed by atoms with Crippen molar-refractivity contribution in [2.24, 2.45) is 0 Å². The smallest absolute Gasteiger partial charge is 0.262 e. The molecule has 0 radical (unpaired) electrons. The SMILES string of the molecule is CC[C@H](C)c1ccccc1NC(=O)COc1ccccc1C=O. The van der Waals surface area contributed by atoms with Gasteiger partial charge < -0.3 is 10.1 Å². The summed E-state index contributed by atoms with van der Waals surface area (Å²) in [5, 5.41) is 2.88. The molecule has 1 atom stereocenters. The van der Waals surface area contributed by atoms with Gasteiger partial charge in [-0.2, -0.15) is 0 Å². The summed E-state index contributed by atoms with van der Waals surface area (Å²) in [6.45, 7) is 4.10. The van der Waals surface area contributed by atoms with Crippen molar-refractivity contribution in [3.63, 3.8) is 0 Å². The Labute approximate surface area is 136 Å². The molecule has 1 N–H and O–H groups in total. The minimum Gasteiger partial charge on any atom is -0.483 e. The highest BCUT2D eigenvalue weighted by molar-refractivity contribution is 5.93. The number of anilines is 1. The van der Waals surface area contributed by atoms with Crippen LogP contribution < -0.4 is 10.1 Å². The van der Waals surface area contributed by atoms with E-state index in [1.807, 2.05) is 24.3 Å².